The Balaban J connectivity index is 1.73. The molecule has 2 nitrogen and oxygen atoms in total. The van der Waals surface area contributed by atoms with Crippen LogP contribution >= 0.6 is 0 Å². The molecule has 0 aromatic rings. The second kappa shape index (κ2) is 4.42. The van der Waals surface area contributed by atoms with Gasteiger partial charge in [-0.2, -0.15) is 0 Å². The second-order valence-corrected chi connectivity index (χ2v) is 5.64. The topological polar surface area (TPSA) is 32.3 Å². The van der Waals surface area contributed by atoms with Crippen LogP contribution in [0.1, 0.15) is 58.8 Å². The van der Waals surface area contributed by atoms with Gasteiger partial charge < -0.3 is 10.4 Å². The van der Waals surface area contributed by atoms with Gasteiger partial charge in [0.05, 0.1) is 5.60 Å². The lowest BCUT2D eigenvalue weighted by Crippen LogP contribution is -2.44. The van der Waals surface area contributed by atoms with Crippen molar-refractivity contribution >= 4 is 0 Å². The number of nitrogens with one attached hydrogen (secondary N) is 1. The highest BCUT2D eigenvalue weighted by atomic mass is 16.3. The highest BCUT2D eigenvalue weighted by Crippen LogP contribution is 2.35. The molecule has 0 heterocycles. The van der Waals surface area contributed by atoms with Crippen molar-refractivity contribution in [1.29, 1.82) is 0 Å². The number of hydrogen-bond donors (Lipinski definition) is 2. The zero-order valence-electron chi connectivity index (χ0n) is 10.1. The molecule has 2 aliphatic carbocycles. The molecule has 2 aliphatic rings. The van der Waals surface area contributed by atoms with Crippen LogP contribution in [0.25, 0.3) is 0 Å². The Kier molecular flexibility index (Phi) is 3.36. The molecule has 1 atom stereocenters. The lowest BCUT2D eigenvalue weighted by atomic mass is 9.80. The molecule has 2 N–H and O–H groups in total. The minimum atomic E-state index is -0.346. The molecule has 1 unspecified atom stereocenters. The zero-order valence-corrected chi connectivity index (χ0v) is 10.1. The van der Waals surface area contributed by atoms with Crippen molar-refractivity contribution in [2.75, 3.05) is 0 Å². The third-order valence-corrected chi connectivity index (χ3v) is 4.40. The first-order valence-corrected chi connectivity index (χ1v) is 6.61. The van der Waals surface area contributed by atoms with E-state index in [4.69, 9.17) is 0 Å². The lowest BCUT2D eigenvalue weighted by molar-refractivity contribution is -0.00783. The minimum absolute atomic E-state index is 0.346. The van der Waals surface area contributed by atoms with Gasteiger partial charge in [0.2, 0.25) is 0 Å². The lowest BCUT2D eigenvalue weighted by Gasteiger charge is -2.36. The number of aliphatic hydroxyl groups is 1. The van der Waals surface area contributed by atoms with E-state index in [1.165, 1.54) is 12.8 Å². The third-order valence-electron chi connectivity index (χ3n) is 4.40. The van der Waals surface area contributed by atoms with Gasteiger partial charge in [-0.15, -0.1) is 0 Å². The smallest absolute Gasteiger partial charge is 0.0646 e. The average Bonchev–Trinajstić information content (AvgIpc) is 3.05. The Morgan fingerprint density at radius 2 is 1.87 bits per heavy atom. The standard InChI is InChI=1S/C13H25NO/c1-3-13(15)8-6-12(7-9-13)14-10(2)11-4-5-11/h10-12,14-15H,3-9H2,1-2H3. The second-order valence-electron chi connectivity index (χ2n) is 5.64. The molecule has 2 heteroatoms. The van der Waals surface area contributed by atoms with E-state index in [2.05, 4.69) is 19.2 Å². The molecule has 0 spiro atoms. The molecule has 15 heavy (non-hydrogen) atoms. The van der Waals surface area contributed by atoms with Crippen LogP contribution in [0, 0.1) is 5.92 Å². The molecule has 0 bridgehead atoms. The van der Waals surface area contributed by atoms with E-state index < -0.39 is 0 Å². The Morgan fingerprint density at radius 3 is 2.33 bits per heavy atom. The first-order chi connectivity index (χ1) is 7.13. The van der Waals surface area contributed by atoms with Crippen molar-refractivity contribution in [2.45, 2.75) is 76.5 Å². The van der Waals surface area contributed by atoms with Gasteiger partial charge in [0.15, 0.2) is 0 Å². The fraction of sp³-hybridized carbons (Fsp3) is 1.00. The van der Waals surface area contributed by atoms with Gasteiger partial charge in [-0.05, 0) is 57.8 Å². The maximum absolute atomic E-state index is 10.1. The Hall–Kier alpha value is -0.0800. The Labute approximate surface area is 93.5 Å². The van der Waals surface area contributed by atoms with Crippen molar-refractivity contribution in [1.82, 2.24) is 5.32 Å². The van der Waals surface area contributed by atoms with Gasteiger partial charge >= 0.3 is 0 Å². The van der Waals surface area contributed by atoms with E-state index in [1.54, 1.807) is 0 Å². The number of hydrogen-bond acceptors (Lipinski definition) is 2. The summed E-state index contributed by atoms with van der Waals surface area (Å²) in [5.74, 6) is 0.942. The molecular formula is C13H25NO. The summed E-state index contributed by atoms with van der Waals surface area (Å²) in [7, 11) is 0. The van der Waals surface area contributed by atoms with E-state index in [-0.39, 0.29) is 5.60 Å². The summed E-state index contributed by atoms with van der Waals surface area (Å²) < 4.78 is 0. The average molecular weight is 211 g/mol. The highest BCUT2D eigenvalue weighted by Gasteiger charge is 2.34. The quantitative estimate of drug-likeness (QED) is 0.748. The summed E-state index contributed by atoms with van der Waals surface area (Å²) in [4.78, 5) is 0. The van der Waals surface area contributed by atoms with Crippen LogP contribution in [0.4, 0.5) is 0 Å². The van der Waals surface area contributed by atoms with Crippen LogP contribution in [0.15, 0.2) is 0 Å². The summed E-state index contributed by atoms with van der Waals surface area (Å²) in [6.45, 7) is 4.42. The van der Waals surface area contributed by atoms with Crippen LogP contribution in [-0.4, -0.2) is 22.8 Å². The van der Waals surface area contributed by atoms with Gasteiger partial charge in [-0.1, -0.05) is 6.92 Å². The molecule has 2 fully saturated rings. The van der Waals surface area contributed by atoms with E-state index in [0.717, 1.165) is 38.0 Å². The molecule has 0 radical (unpaired) electrons. The first kappa shape index (κ1) is 11.4. The predicted octanol–water partition coefficient (Wildman–Crippen LogP) is 2.46. The van der Waals surface area contributed by atoms with E-state index in [1.807, 2.05) is 0 Å². The van der Waals surface area contributed by atoms with Crippen molar-refractivity contribution in [3.05, 3.63) is 0 Å². The Bertz CT molecular complexity index is 205. The van der Waals surface area contributed by atoms with Crippen molar-refractivity contribution in [3.8, 4) is 0 Å². The van der Waals surface area contributed by atoms with Gasteiger partial charge in [-0.3, -0.25) is 0 Å². The van der Waals surface area contributed by atoms with Gasteiger partial charge in [0.25, 0.3) is 0 Å². The third kappa shape index (κ3) is 2.94. The van der Waals surface area contributed by atoms with Crippen molar-refractivity contribution < 1.29 is 5.11 Å². The fourth-order valence-electron chi connectivity index (χ4n) is 2.78. The molecule has 0 aromatic heterocycles. The van der Waals surface area contributed by atoms with Crippen LogP contribution in [0.2, 0.25) is 0 Å². The van der Waals surface area contributed by atoms with Crippen molar-refractivity contribution in [2.24, 2.45) is 5.92 Å². The normalized spacial score (nSPS) is 39.0. The molecular weight excluding hydrogens is 186 g/mol. The van der Waals surface area contributed by atoms with Crippen LogP contribution < -0.4 is 5.32 Å². The van der Waals surface area contributed by atoms with Crippen LogP contribution in [-0.2, 0) is 0 Å². The molecule has 2 saturated carbocycles. The SMILES string of the molecule is CCC1(O)CCC(NC(C)C2CC2)CC1. The van der Waals surface area contributed by atoms with Gasteiger partial charge in [0.1, 0.15) is 0 Å². The molecule has 88 valence electrons. The molecule has 2 rings (SSSR count). The predicted molar refractivity (Wildman–Crippen MR) is 62.8 cm³/mol. The van der Waals surface area contributed by atoms with Crippen LogP contribution in [0.5, 0.6) is 0 Å². The monoisotopic (exact) mass is 211 g/mol. The highest BCUT2D eigenvalue weighted by molar-refractivity contribution is 4.91. The van der Waals surface area contributed by atoms with E-state index in [9.17, 15) is 5.11 Å². The maximum Gasteiger partial charge on any atom is 0.0646 e. The summed E-state index contributed by atoms with van der Waals surface area (Å²) in [5.41, 5.74) is -0.346. The first-order valence-electron chi connectivity index (χ1n) is 6.61. The van der Waals surface area contributed by atoms with Crippen LogP contribution in [0.3, 0.4) is 0 Å². The van der Waals surface area contributed by atoms with Gasteiger partial charge in [-0.25, -0.2) is 0 Å². The molecule has 0 aliphatic heterocycles. The summed E-state index contributed by atoms with van der Waals surface area (Å²) >= 11 is 0. The van der Waals surface area contributed by atoms with Gasteiger partial charge in [0, 0.05) is 12.1 Å². The molecule has 0 saturated heterocycles. The summed E-state index contributed by atoms with van der Waals surface area (Å²) in [6, 6.07) is 1.36. The summed E-state index contributed by atoms with van der Waals surface area (Å²) in [5, 5.41) is 13.9. The fourth-order valence-corrected chi connectivity index (χ4v) is 2.78. The zero-order chi connectivity index (χ0) is 10.9. The molecule has 0 amide bonds. The largest absolute Gasteiger partial charge is 0.390 e. The summed E-state index contributed by atoms with van der Waals surface area (Å²) in [6.07, 6.45) is 8.03. The molecule has 0 aromatic carbocycles. The van der Waals surface area contributed by atoms with E-state index >= 15 is 0 Å². The van der Waals surface area contributed by atoms with E-state index in [0.29, 0.717) is 12.1 Å². The minimum Gasteiger partial charge on any atom is -0.390 e. The number of rotatable bonds is 4. The maximum atomic E-state index is 10.1. The van der Waals surface area contributed by atoms with Crippen molar-refractivity contribution in [3.63, 3.8) is 0 Å². The Morgan fingerprint density at radius 1 is 1.27 bits per heavy atom.